The molecule has 2 nitrogen and oxygen atoms in total. The summed E-state index contributed by atoms with van der Waals surface area (Å²) in [5.74, 6) is 0. The van der Waals surface area contributed by atoms with Crippen LogP contribution in [0.1, 0.15) is 38.5 Å². The molecular formula is C10H20N2. The van der Waals surface area contributed by atoms with Crippen molar-refractivity contribution in [2.24, 2.45) is 11.1 Å². The Labute approximate surface area is 74.9 Å². The van der Waals surface area contributed by atoms with E-state index in [0.29, 0.717) is 11.5 Å². The van der Waals surface area contributed by atoms with Crippen LogP contribution in [0, 0.1) is 5.41 Å². The van der Waals surface area contributed by atoms with Gasteiger partial charge in [-0.1, -0.05) is 12.8 Å². The van der Waals surface area contributed by atoms with Crippen LogP contribution < -0.4 is 11.1 Å². The van der Waals surface area contributed by atoms with Gasteiger partial charge in [-0.15, -0.1) is 0 Å². The van der Waals surface area contributed by atoms with Crippen LogP contribution in [0.2, 0.25) is 0 Å². The Balaban J connectivity index is 2.04. The van der Waals surface area contributed by atoms with Gasteiger partial charge in [0.15, 0.2) is 0 Å². The van der Waals surface area contributed by atoms with Crippen LogP contribution in [0.5, 0.6) is 0 Å². The lowest BCUT2D eigenvalue weighted by atomic mass is 9.67. The molecule has 1 saturated carbocycles. The zero-order valence-electron chi connectivity index (χ0n) is 7.81. The van der Waals surface area contributed by atoms with Crippen LogP contribution in [0.4, 0.5) is 0 Å². The van der Waals surface area contributed by atoms with Gasteiger partial charge < -0.3 is 11.1 Å². The Hall–Kier alpha value is -0.0800. The number of hydrogen-bond acceptors (Lipinski definition) is 2. The average molecular weight is 168 g/mol. The predicted octanol–water partition coefficient (Wildman–Crippen LogP) is 1.26. The molecule has 2 fully saturated rings. The van der Waals surface area contributed by atoms with Gasteiger partial charge in [0.25, 0.3) is 0 Å². The smallest absolute Gasteiger partial charge is 0.0108 e. The molecule has 1 saturated heterocycles. The normalized spacial score (nSPS) is 43.2. The first-order valence-corrected chi connectivity index (χ1v) is 5.30. The zero-order valence-corrected chi connectivity index (χ0v) is 7.81. The Morgan fingerprint density at radius 1 is 1.17 bits per heavy atom. The largest absolute Gasteiger partial charge is 0.327 e. The molecule has 0 bridgehead atoms. The maximum Gasteiger partial charge on any atom is 0.0108 e. The van der Waals surface area contributed by atoms with E-state index >= 15 is 0 Å². The van der Waals surface area contributed by atoms with Crippen molar-refractivity contribution in [3.63, 3.8) is 0 Å². The predicted molar refractivity (Wildman–Crippen MR) is 51.0 cm³/mol. The van der Waals surface area contributed by atoms with Crippen molar-refractivity contribution in [1.82, 2.24) is 5.32 Å². The molecular weight excluding hydrogens is 148 g/mol. The Morgan fingerprint density at radius 3 is 2.67 bits per heavy atom. The first kappa shape index (κ1) is 8.52. The van der Waals surface area contributed by atoms with Crippen molar-refractivity contribution in [2.75, 3.05) is 13.1 Å². The van der Waals surface area contributed by atoms with Crippen molar-refractivity contribution >= 4 is 0 Å². The second kappa shape index (κ2) is 3.35. The van der Waals surface area contributed by atoms with E-state index in [-0.39, 0.29) is 0 Å². The van der Waals surface area contributed by atoms with E-state index in [1.165, 1.54) is 51.6 Å². The van der Waals surface area contributed by atoms with Crippen LogP contribution in [0.15, 0.2) is 0 Å². The second-order valence-corrected chi connectivity index (χ2v) is 4.49. The quantitative estimate of drug-likeness (QED) is 0.571. The zero-order chi connectivity index (χ0) is 8.44. The molecule has 2 unspecified atom stereocenters. The fourth-order valence-electron chi connectivity index (χ4n) is 2.85. The monoisotopic (exact) mass is 168 g/mol. The standard InChI is InChI=1S/C10H20N2/c11-9-4-1-2-5-10(9)6-3-7-12-8-10/h9,12H,1-8,11H2. The van der Waals surface area contributed by atoms with Crippen molar-refractivity contribution in [1.29, 1.82) is 0 Å². The third kappa shape index (κ3) is 1.38. The van der Waals surface area contributed by atoms with Crippen LogP contribution in [0.3, 0.4) is 0 Å². The van der Waals surface area contributed by atoms with Gasteiger partial charge in [0.05, 0.1) is 0 Å². The summed E-state index contributed by atoms with van der Waals surface area (Å²) in [6.07, 6.45) is 8.05. The van der Waals surface area contributed by atoms with Gasteiger partial charge in [-0.25, -0.2) is 0 Å². The van der Waals surface area contributed by atoms with Gasteiger partial charge in [-0.05, 0) is 37.6 Å². The highest BCUT2D eigenvalue weighted by Crippen LogP contribution is 2.40. The summed E-state index contributed by atoms with van der Waals surface area (Å²) >= 11 is 0. The first-order chi connectivity index (χ1) is 5.83. The van der Waals surface area contributed by atoms with E-state index in [0.717, 1.165) is 0 Å². The maximum atomic E-state index is 6.20. The topological polar surface area (TPSA) is 38.0 Å². The SMILES string of the molecule is NC1CCCCC12CCCNC2. The second-order valence-electron chi connectivity index (χ2n) is 4.49. The molecule has 0 aromatic heterocycles. The van der Waals surface area contributed by atoms with Crippen LogP contribution >= 0.6 is 0 Å². The molecule has 2 aliphatic rings. The minimum absolute atomic E-state index is 0.471. The lowest BCUT2D eigenvalue weighted by molar-refractivity contribution is 0.111. The van der Waals surface area contributed by atoms with E-state index < -0.39 is 0 Å². The van der Waals surface area contributed by atoms with Gasteiger partial charge in [0.2, 0.25) is 0 Å². The first-order valence-electron chi connectivity index (χ1n) is 5.30. The molecule has 0 aromatic rings. The highest BCUT2D eigenvalue weighted by molar-refractivity contribution is 4.95. The Morgan fingerprint density at radius 2 is 2.00 bits per heavy atom. The molecule has 3 N–H and O–H groups in total. The van der Waals surface area contributed by atoms with Gasteiger partial charge in [-0.3, -0.25) is 0 Å². The number of nitrogens with one attached hydrogen (secondary N) is 1. The summed E-state index contributed by atoms with van der Waals surface area (Å²) in [6, 6.07) is 0.471. The molecule has 2 atom stereocenters. The van der Waals surface area contributed by atoms with Gasteiger partial charge in [0.1, 0.15) is 0 Å². The van der Waals surface area contributed by atoms with E-state index in [1.807, 2.05) is 0 Å². The molecule has 0 radical (unpaired) electrons. The van der Waals surface area contributed by atoms with E-state index in [1.54, 1.807) is 0 Å². The maximum absolute atomic E-state index is 6.20. The van der Waals surface area contributed by atoms with Gasteiger partial charge >= 0.3 is 0 Å². The third-order valence-electron chi connectivity index (χ3n) is 3.73. The van der Waals surface area contributed by atoms with Gasteiger partial charge in [-0.2, -0.15) is 0 Å². The average Bonchev–Trinajstić information content (AvgIpc) is 2.12. The van der Waals surface area contributed by atoms with Crippen LogP contribution in [-0.2, 0) is 0 Å². The summed E-state index contributed by atoms with van der Waals surface area (Å²) in [6.45, 7) is 2.38. The van der Waals surface area contributed by atoms with Gasteiger partial charge in [0, 0.05) is 12.6 Å². The van der Waals surface area contributed by atoms with Crippen molar-refractivity contribution in [2.45, 2.75) is 44.6 Å². The molecule has 1 spiro atoms. The van der Waals surface area contributed by atoms with Crippen LogP contribution in [0.25, 0.3) is 0 Å². The van der Waals surface area contributed by atoms with Crippen molar-refractivity contribution in [3.05, 3.63) is 0 Å². The minimum Gasteiger partial charge on any atom is -0.327 e. The number of rotatable bonds is 0. The molecule has 1 aliphatic heterocycles. The van der Waals surface area contributed by atoms with Crippen LogP contribution in [-0.4, -0.2) is 19.1 Å². The molecule has 0 aromatic carbocycles. The summed E-state index contributed by atoms with van der Waals surface area (Å²) < 4.78 is 0. The fourth-order valence-corrected chi connectivity index (χ4v) is 2.85. The summed E-state index contributed by atoms with van der Waals surface area (Å²) in [7, 11) is 0. The van der Waals surface area contributed by atoms with E-state index in [4.69, 9.17) is 5.73 Å². The Bertz CT molecular complexity index is 142. The lowest BCUT2D eigenvalue weighted by Crippen LogP contribution is -2.52. The molecule has 1 heterocycles. The van der Waals surface area contributed by atoms with E-state index in [9.17, 15) is 0 Å². The molecule has 2 heteroatoms. The highest BCUT2D eigenvalue weighted by Gasteiger charge is 2.39. The number of nitrogens with two attached hydrogens (primary N) is 1. The lowest BCUT2D eigenvalue weighted by Gasteiger charge is -2.45. The van der Waals surface area contributed by atoms with E-state index in [2.05, 4.69) is 5.32 Å². The fraction of sp³-hybridized carbons (Fsp3) is 1.00. The van der Waals surface area contributed by atoms with Crippen molar-refractivity contribution in [3.8, 4) is 0 Å². The molecule has 70 valence electrons. The third-order valence-corrected chi connectivity index (χ3v) is 3.73. The molecule has 1 aliphatic carbocycles. The molecule has 0 amide bonds. The Kier molecular flexibility index (Phi) is 2.37. The number of hydrogen-bond donors (Lipinski definition) is 2. The summed E-state index contributed by atoms with van der Waals surface area (Å²) in [5, 5.41) is 3.50. The highest BCUT2D eigenvalue weighted by atomic mass is 14.9. The minimum atomic E-state index is 0.471. The molecule has 12 heavy (non-hydrogen) atoms. The number of piperidine rings is 1. The molecule has 2 rings (SSSR count). The van der Waals surface area contributed by atoms with Crippen molar-refractivity contribution < 1.29 is 0 Å². The summed E-state index contributed by atoms with van der Waals surface area (Å²) in [5.41, 5.74) is 6.69. The summed E-state index contributed by atoms with van der Waals surface area (Å²) in [4.78, 5) is 0.